The van der Waals surface area contributed by atoms with Gasteiger partial charge >= 0.3 is 0 Å². The Labute approximate surface area is 198 Å². The molecule has 0 saturated carbocycles. The largest absolute Gasteiger partial charge is 0.335 e. The molecule has 0 aliphatic rings. The van der Waals surface area contributed by atoms with Crippen molar-refractivity contribution in [1.82, 2.24) is 9.13 Å². The molecule has 0 spiro atoms. The Balaban J connectivity index is 1.73. The van der Waals surface area contributed by atoms with Crippen LogP contribution in [-0.4, -0.2) is 9.13 Å². The molecule has 0 aliphatic carbocycles. The van der Waals surface area contributed by atoms with Crippen LogP contribution in [0.1, 0.15) is 20.8 Å². The van der Waals surface area contributed by atoms with Gasteiger partial charge in [-0.1, -0.05) is 60.7 Å². The molecule has 0 bridgehead atoms. The van der Waals surface area contributed by atoms with Crippen LogP contribution in [0.4, 0.5) is 0 Å². The van der Waals surface area contributed by atoms with E-state index < -0.39 is 0 Å². The lowest BCUT2D eigenvalue weighted by Crippen LogP contribution is -2.21. The molecule has 0 amide bonds. The Kier molecular flexibility index (Phi) is 3.85. The second-order valence-corrected chi connectivity index (χ2v) is 10.3. The van der Waals surface area contributed by atoms with Crippen molar-refractivity contribution in [3.05, 3.63) is 103 Å². The first-order valence-electron chi connectivity index (χ1n) is 12.0. The van der Waals surface area contributed by atoms with Crippen LogP contribution in [0, 0.1) is 0 Å². The minimum absolute atomic E-state index is 0.0477. The van der Waals surface area contributed by atoms with Crippen LogP contribution in [0.15, 0.2) is 103 Å². The first-order chi connectivity index (χ1) is 16.5. The van der Waals surface area contributed by atoms with Gasteiger partial charge in [-0.15, -0.1) is 0 Å². The molecule has 2 heteroatoms. The Morgan fingerprint density at radius 3 is 1.79 bits per heavy atom. The zero-order valence-corrected chi connectivity index (χ0v) is 19.7. The highest BCUT2D eigenvalue weighted by molar-refractivity contribution is 6.20. The third-order valence-electron chi connectivity index (χ3n) is 7.11. The fraction of sp³-hybridized carbons (Fsp3) is 0.125. The molecule has 0 saturated heterocycles. The van der Waals surface area contributed by atoms with Gasteiger partial charge in [0.25, 0.3) is 0 Å². The van der Waals surface area contributed by atoms with Crippen molar-refractivity contribution in [3.8, 4) is 5.69 Å². The number of para-hydroxylation sites is 2. The average Bonchev–Trinajstić information content (AvgIpc) is 3.33. The fourth-order valence-electron chi connectivity index (χ4n) is 5.74. The zero-order valence-electron chi connectivity index (χ0n) is 19.7. The van der Waals surface area contributed by atoms with E-state index in [9.17, 15) is 0 Å². The predicted molar refractivity (Wildman–Crippen MR) is 146 cm³/mol. The summed E-state index contributed by atoms with van der Waals surface area (Å²) in [6.45, 7) is 6.91. The van der Waals surface area contributed by atoms with Crippen molar-refractivity contribution in [1.29, 1.82) is 0 Å². The summed E-state index contributed by atoms with van der Waals surface area (Å²) in [5, 5.41) is 7.78. The highest BCUT2D eigenvalue weighted by Gasteiger charge is 2.23. The van der Waals surface area contributed by atoms with E-state index in [0.29, 0.717) is 0 Å². The quantitative estimate of drug-likeness (QED) is 0.242. The van der Waals surface area contributed by atoms with E-state index in [1.165, 1.54) is 60.1 Å². The van der Waals surface area contributed by atoms with E-state index in [-0.39, 0.29) is 5.54 Å². The molecule has 7 rings (SSSR count). The van der Waals surface area contributed by atoms with E-state index >= 15 is 0 Å². The molecular formula is C32H26N2. The summed E-state index contributed by atoms with van der Waals surface area (Å²) >= 11 is 0. The molecule has 34 heavy (non-hydrogen) atoms. The van der Waals surface area contributed by atoms with Gasteiger partial charge in [-0.3, -0.25) is 0 Å². The second-order valence-electron chi connectivity index (χ2n) is 10.3. The molecule has 0 fully saturated rings. The Bertz CT molecular complexity index is 1880. The van der Waals surface area contributed by atoms with E-state index in [1.54, 1.807) is 0 Å². The smallest absolute Gasteiger partial charge is 0.0548 e. The van der Waals surface area contributed by atoms with Gasteiger partial charge in [0, 0.05) is 32.8 Å². The molecule has 0 aliphatic heterocycles. The number of nitrogens with zero attached hydrogens (tertiary/aromatic N) is 2. The van der Waals surface area contributed by atoms with Gasteiger partial charge in [-0.2, -0.15) is 0 Å². The van der Waals surface area contributed by atoms with Crippen LogP contribution in [-0.2, 0) is 5.54 Å². The molecule has 0 unspecified atom stereocenters. The summed E-state index contributed by atoms with van der Waals surface area (Å²) in [5.41, 5.74) is 6.23. The van der Waals surface area contributed by atoms with Crippen molar-refractivity contribution < 1.29 is 0 Å². The monoisotopic (exact) mass is 438 g/mol. The topological polar surface area (TPSA) is 9.86 Å². The third-order valence-corrected chi connectivity index (χ3v) is 7.11. The Morgan fingerprint density at radius 2 is 1.03 bits per heavy atom. The third kappa shape index (κ3) is 2.63. The maximum Gasteiger partial charge on any atom is 0.0548 e. The van der Waals surface area contributed by atoms with Crippen LogP contribution < -0.4 is 0 Å². The van der Waals surface area contributed by atoms with Crippen molar-refractivity contribution >= 4 is 54.4 Å². The van der Waals surface area contributed by atoms with Gasteiger partial charge in [0.1, 0.15) is 0 Å². The molecule has 0 radical (unpaired) electrons. The second kappa shape index (κ2) is 6.74. The molecule has 2 nitrogen and oxygen atoms in total. The highest BCUT2D eigenvalue weighted by Crippen LogP contribution is 2.41. The molecule has 0 N–H and O–H groups in total. The number of rotatable bonds is 1. The van der Waals surface area contributed by atoms with E-state index in [4.69, 9.17) is 0 Å². The molecule has 0 atom stereocenters. The maximum absolute atomic E-state index is 2.53. The van der Waals surface area contributed by atoms with Crippen molar-refractivity contribution in [2.75, 3.05) is 0 Å². The van der Waals surface area contributed by atoms with Gasteiger partial charge in [-0.05, 0) is 74.0 Å². The van der Waals surface area contributed by atoms with Crippen molar-refractivity contribution in [2.45, 2.75) is 26.3 Å². The van der Waals surface area contributed by atoms with Gasteiger partial charge in [-0.25, -0.2) is 0 Å². The summed E-state index contributed by atoms with van der Waals surface area (Å²) in [5.74, 6) is 0. The molecule has 164 valence electrons. The lowest BCUT2D eigenvalue weighted by atomic mass is 10.0. The van der Waals surface area contributed by atoms with Crippen molar-refractivity contribution in [3.63, 3.8) is 0 Å². The van der Waals surface area contributed by atoms with E-state index in [2.05, 4.69) is 133 Å². The number of hydrogen-bond donors (Lipinski definition) is 0. The van der Waals surface area contributed by atoms with Crippen LogP contribution >= 0.6 is 0 Å². The van der Waals surface area contributed by atoms with Gasteiger partial charge in [0.05, 0.1) is 22.1 Å². The summed E-state index contributed by atoms with van der Waals surface area (Å²) in [4.78, 5) is 0. The highest BCUT2D eigenvalue weighted by atomic mass is 15.1. The van der Waals surface area contributed by atoms with Crippen LogP contribution in [0.25, 0.3) is 60.1 Å². The first-order valence-corrected chi connectivity index (χ1v) is 12.0. The fourth-order valence-corrected chi connectivity index (χ4v) is 5.74. The first kappa shape index (κ1) is 19.4. The summed E-state index contributed by atoms with van der Waals surface area (Å²) in [6, 6.07) is 37.7. The molecule has 2 aromatic heterocycles. The molecule has 7 aromatic rings. The molecular weight excluding hydrogens is 412 g/mol. The minimum Gasteiger partial charge on any atom is -0.335 e. The Morgan fingerprint density at radius 1 is 0.471 bits per heavy atom. The SMILES string of the molecule is CC(C)(C)n1c2cc3ccccc3cc2c2cc3c(cc21)c1ccccc1n3-c1ccccc1. The van der Waals surface area contributed by atoms with Gasteiger partial charge in [0.15, 0.2) is 0 Å². The number of fused-ring (bicyclic) bond motifs is 7. The average molecular weight is 439 g/mol. The normalized spacial score (nSPS) is 12.6. The van der Waals surface area contributed by atoms with Crippen LogP contribution in [0.5, 0.6) is 0 Å². The van der Waals surface area contributed by atoms with Crippen LogP contribution in [0.3, 0.4) is 0 Å². The molecule has 5 aromatic carbocycles. The summed E-state index contributed by atoms with van der Waals surface area (Å²) in [6.07, 6.45) is 0. The Hall–Kier alpha value is -4.04. The maximum atomic E-state index is 2.53. The lowest BCUT2D eigenvalue weighted by molar-refractivity contribution is 0.423. The zero-order chi connectivity index (χ0) is 23.0. The van der Waals surface area contributed by atoms with E-state index in [0.717, 1.165) is 0 Å². The lowest BCUT2D eigenvalue weighted by Gasteiger charge is -2.24. The number of aromatic nitrogens is 2. The minimum atomic E-state index is -0.0477. The number of benzene rings is 5. The standard InChI is InChI=1S/C32H26N2/c1-32(2,3)34-30-18-22-12-8-7-11-21(22)17-25(30)27-19-29-26(20-31(27)34)24-15-9-10-16-28(24)33(29)23-13-5-4-6-14-23/h4-20H,1-3H3. The predicted octanol–water partition coefficient (Wildman–Crippen LogP) is 8.80. The summed E-state index contributed by atoms with van der Waals surface area (Å²) in [7, 11) is 0. The van der Waals surface area contributed by atoms with Gasteiger partial charge < -0.3 is 9.13 Å². The van der Waals surface area contributed by atoms with Crippen molar-refractivity contribution in [2.24, 2.45) is 0 Å². The van der Waals surface area contributed by atoms with Crippen LogP contribution in [0.2, 0.25) is 0 Å². The van der Waals surface area contributed by atoms with E-state index in [1.807, 2.05) is 0 Å². The number of hydrogen-bond acceptors (Lipinski definition) is 0. The van der Waals surface area contributed by atoms with Gasteiger partial charge in [0.2, 0.25) is 0 Å². The summed E-state index contributed by atoms with van der Waals surface area (Å²) < 4.78 is 4.93. The molecule has 2 heterocycles.